The Kier molecular flexibility index (Phi) is 8.38. The Balaban J connectivity index is 1.59. The van der Waals surface area contributed by atoms with Gasteiger partial charge in [-0.3, -0.25) is 19.1 Å². The van der Waals surface area contributed by atoms with Gasteiger partial charge in [0.05, 0.1) is 36.4 Å². The van der Waals surface area contributed by atoms with Crippen molar-refractivity contribution in [3.05, 3.63) is 92.5 Å². The fraction of sp³-hybridized carbons (Fsp3) is 0.200. The number of carbonyl (C=O) groups excluding carboxylic acids is 2. The summed E-state index contributed by atoms with van der Waals surface area (Å²) in [6.45, 7) is 1.92. The zero-order valence-electron chi connectivity index (χ0n) is 20.5. The predicted molar refractivity (Wildman–Crippen MR) is 140 cm³/mol. The fourth-order valence-corrected chi connectivity index (χ4v) is 4.37. The van der Waals surface area contributed by atoms with Gasteiger partial charge in [-0.25, -0.2) is 9.59 Å². The number of nitrogens with one attached hydrogen (secondary N) is 3. The highest BCUT2D eigenvalue weighted by Crippen LogP contribution is 2.26. The van der Waals surface area contributed by atoms with E-state index in [-0.39, 0.29) is 30.3 Å². The Morgan fingerprint density at radius 3 is 2.63 bits per heavy atom. The highest BCUT2D eigenvalue weighted by Gasteiger charge is 2.19. The van der Waals surface area contributed by atoms with Crippen LogP contribution in [0, 0.1) is 0 Å². The van der Waals surface area contributed by atoms with Crippen molar-refractivity contribution in [3.63, 3.8) is 0 Å². The van der Waals surface area contributed by atoms with E-state index in [4.69, 9.17) is 9.47 Å². The Labute approximate surface area is 220 Å². The van der Waals surface area contributed by atoms with E-state index in [0.717, 1.165) is 11.8 Å². The summed E-state index contributed by atoms with van der Waals surface area (Å²) >= 11 is 1.13. The van der Waals surface area contributed by atoms with Crippen LogP contribution in [-0.2, 0) is 16.0 Å². The Morgan fingerprint density at radius 1 is 1.05 bits per heavy atom. The number of para-hydroxylation sites is 1. The van der Waals surface area contributed by atoms with E-state index in [0.29, 0.717) is 33.8 Å². The Bertz CT molecular complexity index is 1550. The monoisotopic (exact) mass is 536 g/mol. The highest BCUT2D eigenvalue weighted by atomic mass is 32.2. The number of benzene rings is 2. The molecule has 0 saturated carbocycles. The predicted octanol–water partition coefficient (Wildman–Crippen LogP) is 2.15. The molecule has 0 atom stereocenters. The van der Waals surface area contributed by atoms with Crippen LogP contribution in [0.2, 0.25) is 0 Å². The van der Waals surface area contributed by atoms with E-state index in [1.807, 2.05) is 6.07 Å². The van der Waals surface area contributed by atoms with Crippen molar-refractivity contribution in [1.82, 2.24) is 24.7 Å². The third-order valence-corrected chi connectivity index (χ3v) is 6.13. The number of amides is 1. The number of hydrogen-bond acceptors (Lipinski definition) is 9. The van der Waals surface area contributed by atoms with Gasteiger partial charge in [-0.05, 0) is 31.2 Å². The first-order valence-electron chi connectivity index (χ1n) is 11.5. The molecule has 3 N–H and O–H groups in total. The molecule has 2 heterocycles. The van der Waals surface area contributed by atoms with Crippen LogP contribution in [0.15, 0.2) is 69.3 Å². The van der Waals surface area contributed by atoms with Gasteiger partial charge >= 0.3 is 11.7 Å². The molecular formula is C25H24N6O6S. The molecule has 0 unspecified atom stereocenters. The lowest BCUT2D eigenvalue weighted by molar-refractivity contribution is -0.113. The highest BCUT2D eigenvalue weighted by molar-refractivity contribution is 7.99. The van der Waals surface area contributed by atoms with E-state index in [1.165, 1.54) is 6.07 Å². The number of aromatic amines is 2. The third kappa shape index (κ3) is 6.37. The third-order valence-electron chi connectivity index (χ3n) is 5.21. The van der Waals surface area contributed by atoms with E-state index in [9.17, 15) is 19.2 Å². The van der Waals surface area contributed by atoms with Crippen LogP contribution < -0.4 is 21.3 Å². The maximum absolute atomic E-state index is 12.8. The Morgan fingerprint density at radius 2 is 1.87 bits per heavy atom. The SMILES string of the molecule is CCOC(=O)c1ccccc1NC(=O)CSc1nnc(Cc2cc(=O)[nH]c(=O)[nH]2)n1-c1cccc(OC)c1. The van der Waals surface area contributed by atoms with Crippen LogP contribution in [0.4, 0.5) is 5.69 Å². The normalized spacial score (nSPS) is 10.7. The minimum atomic E-state index is -0.630. The summed E-state index contributed by atoms with van der Waals surface area (Å²) in [7, 11) is 1.54. The summed E-state index contributed by atoms with van der Waals surface area (Å²) in [5, 5.41) is 11.6. The molecule has 196 valence electrons. The quantitative estimate of drug-likeness (QED) is 0.204. The number of ether oxygens (including phenoxy) is 2. The average molecular weight is 537 g/mol. The maximum atomic E-state index is 12.8. The van der Waals surface area contributed by atoms with E-state index >= 15 is 0 Å². The number of carbonyl (C=O) groups is 2. The first kappa shape index (κ1) is 26.4. The zero-order valence-corrected chi connectivity index (χ0v) is 21.3. The van der Waals surface area contributed by atoms with Crippen LogP contribution in [0.5, 0.6) is 5.75 Å². The van der Waals surface area contributed by atoms with Gasteiger partial charge in [-0.2, -0.15) is 0 Å². The minimum Gasteiger partial charge on any atom is -0.497 e. The van der Waals surface area contributed by atoms with Crippen LogP contribution in [0.25, 0.3) is 5.69 Å². The molecule has 13 heteroatoms. The number of thioether (sulfide) groups is 1. The van der Waals surface area contributed by atoms with Crippen LogP contribution >= 0.6 is 11.8 Å². The van der Waals surface area contributed by atoms with Crippen molar-refractivity contribution in [2.45, 2.75) is 18.5 Å². The van der Waals surface area contributed by atoms with Crippen molar-refractivity contribution in [3.8, 4) is 11.4 Å². The molecule has 0 aliphatic rings. The number of H-pyrrole nitrogens is 2. The molecule has 4 rings (SSSR count). The second-order valence-electron chi connectivity index (χ2n) is 7.83. The molecule has 0 fully saturated rings. The molecule has 0 saturated heterocycles. The maximum Gasteiger partial charge on any atom is 0.340 e. The lowest BCUT2D eigenvalue weighted by atomic mass is 10.2. The van der Waals surface area contributed by atoms with Gasteiger partial charge < -0.3 is 19.8 Å². The van der Waals surface area contributed by atoms with E-state index < -0.39 is 17.2 Å². The van der Waals surface area contributed by atoms with Gasteiger partial charge in [-0.15, -0.1) is 10.2 Å². The lowest BCUT2D eigenvalue weighted by Gasteiger charge is -2.12. The van der Waals surface area contributed by atoms with Crippen LogP contribution in [-0.4, -0.2) is 56.1 Å². The van der Waals surface area contributed by atoms with Gasteiger partial charge in [0, 0.05) is 24.2 Å². The molecule has 2 aromatic heterocycles. The van der Waals surface area contributed by atoms with Gasteiger partial charge in [-0.1, -0.05) is 30.0 Å². The molecule has 12 nitrogen and oxygen atoms in total. The fourth-order valence-electron chi connectivity index (χ4n) is 3.60. The molecule has 0 aliphatic carbocycles. The number of anilines is 1. The molecule has 38 heavy (non-hydrogen) atoms. The molecule has 0 spiro atoms. The van der Waals surface area contributed by atoms with E-state index in [1.54, 1.807) is 61.1 Å². The summed E-state index contributed by atoms with van der Waals surface area (Å²) in [6.07, 6.45) is 0.100. The second kappa shape index (κ2) is 12.1. The number of rotatable bonds is 10. The van der Waals surface area contributed by atoms with Crippen LogP contribution in [0.3, 0.4) is 0 Å². The van der Waals surface area contributed by atoms with Crippen LogP contribution in [0.1, 0.15) is 28.8 Å². The second-order valence-corrected chi connectivity index (χ2v) is 8.77. The van der Waals surface area contributed by atoms with E-state index in [2.05, 4.69) is 25.5 Å². The topological polar surface area (TPSA) is 161 Å². The average Bonchev–Trinajstić information content (AvgIpc) is 3.29. The summed E-state index contributed by atoms with van der Waals surface area (Å²) in [6, 6.07) is 15.0. The standard InChI is InChI=1S/C25H24N6O6S/c1-3-37-23(34)18-9-4-5-10-19(18)27-22(33)14-38-25-30-29-20(11-15-12-21(32)28-24(35)26-15)31(25)16-7-6-8-17(13-16)36-2/h4-10,12-13H,3,11,14H2,1-2H3,(H,27,33)(H2,26,28,32,35). The van der Waals surface area contributed by atoms with Crippen molar-refractivity contribution < 1.29 is 19.1 Å². The summed E-state index contributed by atoms with van der Waals surface area (Å²) in [5.41, 5.74) is 0.429. The number of methoxy groups -OCH3 is 1. The number of hydrogen-bond donors (Lipinski definition) is 3. The van der Waals surface area contributed by atoms with Crippen molar-refractivity contribution in [1.29, 1.82) is 0 Å². The first-order valence-corrected chi connectivity index (χ1v) is 12.5. The van der Waals surface area contributed by atoms with Gasteiger partial charge in [0.1, 0.15) is 11.6 Å². The molecule has 2 aromatic carbocycles. The summed E-state index contributed by atoms with van der Waals surface area (Å²) in [5.74, 6) is 0.0795. The largest absolute Gasteiger partial charge is 0.497 e. The smallest absolute Gasteiger partial charge is 0.340 e. The number of nitrogens with zero attached hydrogens (tertiary/aromatic N) is 3. The molecular weight excluding hydrogens is 512 g/mol. The lowest BCUT2D eigenvalue weighted by Crippen LogP contribution is -2.23. The number of aromatic nitrogens is 5. The molecule has 0 radical (unpaired) electrons. The van der Waals surface area contributed by atoms with Crippen molar-refractivity contribution in [2.75, 3.05) is 24.8 Å². The molecule has 0 aliphatic heterocycles. The van der Waals surface area contributed by atoms with Gasteiger partial charge in [0.2, 0.25) is 5.91 Å². The molecule has 0 bridgehead atoms. The molecule has 1 amide bonds. The summed E-state index contributed by atoms with van der Waals surface area (Å²) < 4.78 is 12.1. The zero-order chi connectivity index (χ0) is 27.1. The summed E-state index contributed by atoms with van der Waals surface area (Å²) in [4.78, 5) is 53.2. The number of esters is 1. The van der Waals surface area contributed by atoms with Gasteiger partial charge in [0.25, 0.3) is 5.56 Å². The molecule has 4 aromatic rings. The first-order chi connectivity index (χ1) is 18.4. The van der Waals surface area contributed by atoms with Gasteiger partial charge in [0.15, 0.2) is 5.16 Å². The Hall–Kier alpha value is -4.65. The minimum absolute atomic E-state index is 0.0406. The van der Waals surface area contributed by atoms with Crippen molar-refractivity contribution >= 4 is 29.3 Å². The van der Waals surface area contributed by atoms with Crippen molar-refractivity contribution in [2.24, 2.45) is 0 Å².